The first-order valence-electron chi connectivity index (χ1n) is 39.8. The second kappa shape index (κ2) is 68.7. The van der Waals surface area contributed by atoms with Crippen LogP contribution in [0.5, 0.6) is 0 Å². The minimum absolute atomic E-state index is 0.0627. The summed E-state index contributed by atoms with van der Waals surface area (Å²) in [5.74, 6) is 0. The normalized spacial score (nSPS) is 13.8. The van der Waals surface area contributed by atoms with E-state index >= 15 is 0 Å². The van der Waals surface area contributed by atoms with Gasteiger partial charge in [-0.15, -0.1) is 0 Å². The number of hydrogen-bond donors (Lipinski definition) is 0. The Bertz CT molecular complexity index is 1440. The molecule has 0 aliphatic rings. The highest BCUT2D eigenvalue weighted by molar-refractivity contribution is 4.97. The highest BCUT2D eigenvalue weighted by Crippen LogP contribution is 2.43. The first-order chi connectivity index (χ1) is 43.6. The predicted octanol–water partition coefficient (Wildman–Crippen LogP) is 28.8. The van der Waals surface area contributed by atoms with Crippen LogP contribution in [0.3, 0.4) is 0 Å². The summed E-state index contributed by atoms with van der Waals surface area (Å²) < 4.78 is 8.50. The van der Waals surface area contributed by atoms with E-state index in [0.717, 1.165) is 25.7 Å². The molecular formula is C86H160N2O. The molecule has 0 aromatic rings. The molecule has 2 atom stereocenters. The highest BCUT2D eigenvalue weighted by Gasteiger charge is 2.41. The summed E-state index contributed by atoms with van der Waals surface area (Å²) in [5, 5.41) is 0. The lowest BCUT2D eigenvalue weighted by atomic mass is 9.79. The van der Waals surface area contributed by atoms with Crippen LogP contribution in [-0.4, -0.2) is 61.3 Å². The van der Waals surface area contributed by atoms with E-state index in [-0.39, 0.29) is 11.2 Å². The first-order valence-corrected chi connectivity index (χ1v) is 39.8. The lowest BCUT2D eigenvalue weighted by molar-refractivity contribution is -0.184. The summed E-state index contributed by atoms with van der Waals surface area (Å²) >= 11 is 0. The zero-order valence-electron chi connectivity index (χ0n) is 62.3. The molecule has 3 nitrogen and oxygen atoms in total. The van der Waals surface area contributed by atoms with Crippen molar-refractivity contribution in [2.24, 2.45) is 0 Å². The van der Waals surface area contributed by atoms with Crippen molar-refractivity contribution in [3.63, 3.8) is 0 Å². The van der Waals surface area contributed by atoms with Gasteiger partial charge in [-0.3, -0.25) is 0 Å². The van der Waals surface area contributed by atoms with E-state index in [1.165, 1.54) is 334 Å². The quantitative estimate of drug-likeness (QED) is 0.0446. The number of nitrogens with zero attached hydrogens (tertiary/aromatic N) is 2. The maximum atomic E-state index is 8.50. The summed E-state index contributed by atoms with van der Waals surface area (Å²) in [6.07, 6.45) is 111. The van der Waals surface area contributed by atoms with Gasteiger partial charge in [0.05, 0.1) is 11.2 Å². The van der Waals surface area contributed by atoms with Crippen molar-refractivity contribution in [2.75, 3.05) is 28.2 Å². The molecule has 0 aliphatic carbocycles. The van der Waals surface area contributed by atoms with Crippen molar-refractivity contribution in [1.82, 2.24) is 9.80 Å². The van der Waals surface area contributed by atoms with Gasteiger partial charge in [-0.05, 0) is 222 Å². The summed E-state index contributed by atoms with van der Waals surface area (Å²) in [5.41, 5.74) is -0.125. The van der Waals surface area contributed by atoms with E-state index in [1.807, 2.05) is 0 Å². The van der Waals surface area contributed by atoms with E-state index in [1.54, 1.807) is 0 Å². The topological polar surface area (TPSA) is 15.7 Å². The molecule has 520 valence electrons. The second-order valence-electron chi connectivity index (χ2n) is 28.5. The minimum Gasteiger partial charge on any atom is -0.369 e. The number of unbranched alkanes of at least 4 members (excludes halogenated alkanes) is 36. The van der Waals surface area contributed by atoms with Crippen LogP contribution in [0.2, 0.25) is 0 Å². The lowest BCUT2D eigenvalue weighted by Gasteiger charge is -2.47. The predicted molar refractivity (Wildman–Crippen MR) is 407 cm³/mol. The molecule has 0 fully saturated rings. The fourth-order valence-electron chi connectivity index (χ4n) is 12.7. The van der Waals surface area contributed by atoms with Crippen LogP contribution >= 0.6 is 0 Å². The summed E-state index contributed by atoms with van der Waals surface area (Å²) in [6, 6.07) is 1.10. The van der Waals surface area contributed by atoms with Gasteiger partial charge in [0.15, 0.2) is 0 Å². The van der Waals surface area contributed by atoms with Crippen molar-refractivity contribution in [1.29, 1.82) is 0 Å². The van der Waals surface area contributed by atoms with Gasteiger partial charge in [-0.2, -0.15) is 0 Å². The Morgan fingerprint density at radius 1 is 0.236 bits per heavy atom. The van der Waals surface area contributed by atoms with E-state index in [9.17, 15) is 0 Å². The van der Waals surface area contributed by atoms with Crippen molar-refractivity contribution in [2.45, 2.75) is 424 Å². The molecule has 0 N–H and O–H groups in total. The zero-order valence-corrected chi connectivity index (χ0v) is 62.3. The van der Waals surface area contributed by atoms with Crippen molar-refractivity contribution < 1.29 is 4.74 Å². The molecule has 0 saturated carbocycles. The van der Waals surface area contributed by atoms with Gasteiger partial charge < -0.3 is 14.5 Å². The smallest absolute Gasteiger partial charge is 0.0690 e. The average Bonchev–Trinajstić information content (AvgIpc) is 2.18. The summed E-state index contributed by atoms with van der Waals surface area (Å²) in [7, 11) is 9.23. The molecule has 89 heavy (non-hydrogen) atoms. The van der Waals surface area contributed by atoms with Crippen LogP contribution < -0.4 is 0 Å². The SMILES string of the molecule is CCCCC/C=C\C/C=C\CCCCCCCCC(CCCCCCCC/C=C\C/C=C\CCCCC)(CCC(C)N(C)C)OC(CCCCCCCC/C=C\C/C=C\CCCCC)(CCCCCCCC/C=C\C/C=C\CCCCC)CCC(C)N(C)C. The molecule has 3 heteroatoms. The minimum atomic E-state index is -0.0627. The van der Waals surface area contributed by atoms with Gasteiger partial charge in [-0.1, -0.05) is 305 Å². The summed E-state index contributed by atoms with van der Waals surface area (Å²) in [4.78, 5) is 4.96. The second-order valence-corrected chi connectivity index (χ2v) is 28.5. The van der Waals surface area contributed by atoms with Crippen molar-refractivity contribution >= 4 is 0 Å². The number of allylic oxidation sites excluding steroid dienone is 16. The molecule has 0 aliphatic heterocycles. The van der Waals surface area contributed by atoms with Gasteiger partial charge in [0.2, 0.25) is 0 Å². The fourth-order valence-corrected chi connectivity index (χ4v) is 12.7. The van der Waals surface area contributed by atoms with Crippen LogP contribution in [0.15, 0.2) is 97.2 Å². The standard InChI is InChI=1S/C86H160N2O/c1-11-15-19-23-27-31-35-39-43-47-51-55-59-63-67-71-77-85(81-75-83(5)87(7)8,78-72-68-64-60-56-52-48-44-40-36-32-28-24-20-16-12-2)89-86(82-76-84(6)88(9)10,79-73-69-65-61-57-53-49-45-41-37-33-29-25-21-17-13-3)80-74-70-66-62-58-54-50-46-42-38-34-30-26-22-18-14-4/h27-34,39-46,83-84H,11-26,35-38,47-82H2,1-10H3/b31-27-,32-28-,33-29-,34-30-,43-39-,44-40-,45-41-,46-42-. The van der Waals surface area contributed by atoms with E-state index < -0.39 is 0 Å². The molecule has 0 heterocycles. The average molecular weight is 1240 g/mol. The van der Waals surface area contributed by atoms with Gasteiger partial charge in [0.1, 0.15) is 0 Å². The lowest BCUT2D eigenvalue weighted by Crippen LogP contribution is -2.47. The van der Waals surface area contributed by atoms with Gasteiger partial charge in [0, 0.05) is 12.1 Å². The van der Waals surface area contributed by atoms with E-state index in [2.05, 4.69) is 177 Å². The third-order valence-electron chi connectivity index (χ3n) is 19.6. The Morgan fingerprint density at radius 2 is 0.416 bits per heavy atom. The Morgan fingerprint density at radius 3 is 0.607 bits per heavy atom. The van der Waals surface area contributed by atoms with Crippen molar-refractivity contribution in [3.05, 3.63) is 97.2 Å². The molecule has 0 bridgehead atoms. The molecular weight excluding hydrogens is 1080 g/mol. The van der Waals surface area contributed by atoms with Gasteiger partial charge in [0.25, 0.3) is 0 Å². The highest BCUT2D eigenvalue weighted by atomic mass is 16.5. The van der Waals surface area contributed by atoms with Crippen molar-refractivity contribution in [3.8, 4) is 0 Å². The van der Waals surface area contributed by atoms with Crippen LogP contribution in [0.1, 0.15) is 401 Å². The molecule has 0 rings (SSSR count). The number of ether oxygens (including phenoxy) is 1. The molecule has 0 saturated heterocycles. The zero-order chi connectivity index (χ0) is 64.9. The molecule has 0 aromatic heterocycles. The number of hydrogen-bond acceptors (Lipinski definition) is 3. The molecule has 0 radical (unpaired) electrons. The molecule has 0 aromatic carbocycles. The summed E-state index contributed by atoms with van der Waals surface area (Å²) in [6.45, 7) is 14.1. The Labute approximate surface area is 561 Å². The van der Waals surface area contributed by atoms with Crippen LogP contribution in [0.4, 0.5) is 0 Å². The largest absolute Gasteiger partial charge is 0.369 e. The van der Waals surface area contributed by atoms with E-state index in [4.69, 9.17) is 4.74 Å². The van der Waals surface area contributed by atoms with Crippen LogP contribution in [0, 0.1) is 0 Å². The van der Waals surface area contributed by atoms with E-state index in [0.29, 0.717) is 12.1 Å². The monoisotopic (exact) mass is 1240 g/mol. The Kier molecular flexibility index (Phi) is 67.0. The fraction of sp³-hybridized carbons (Fsp3) is 0.814. The van der Waals surface area contributed by atoms with Crippen LogP contribution in [-0.2, 0) is 4.74 Å². The Hall–Kier alpha value is -2.20. The number of rotatable bonds is 70. The van der Waals surface area contributed by atoms with Crippen LogP contribution in [0.25, 0.3) is 0 Å². The first kappa shape index (κ1) is 86.8. The molecule has 2 unspecified atom stereocenters. The maximum absolute atomic E-state index is 8.50. The third-order valence-corrected chi connectivity index (χ3v) is 19.6. The maximum Gasteiger partial charge on any atom is 0.0690 e. The van der Waals surface area contributed by atoms with Gasteiger partial charge >= 0.3 is 0 Å². The Balaban J connectivity index is 6.50. The molecule has 0 amide bonds. The third kappa shape index (κ3) is 60.5. The molecule has 0 spiro atoms. The van der Waals surface area contributed by atoms with Gasteiger partial charge in [-0.25, -0.2) is 0 Å².